The molecule has 0 fully saturated rings. The Kier molecular flexibility index (Phi) is 4.80. The van der Waals surface area contributed by atoms with Crippen molar-refractivity contribution in [3.63, 3.8) is 0 Å². The summed E-state index contributed by atoms with van der Waals surface area (Å²) < 4.78 is 8.63. The average Bonchev–Trinajstić information content (AvgIpc) is 3.33. The summed E-state index contributed by atoms with van der Waals surface area (Å²) in [7, 11) is 0. The molecule has 0 bridgehead atoms. The molecular weight excluding hydrogens is 356 g/mol. The Morgan fingerprint density at radius 2 is 1.79 bits per heavy atom. The predicted molar refractivity (Wildman–Crippen MR) is 107 cm³/mol. The van der Waals surface area contributed by atoms with Gasteiger partial charge in [0.2, 0.25) is 11.8 Å². The number of oxazole rings is 1. The fourth-order valence-electron chi connectivity index (χ4n) is 3.29. The zero-order valence-electron chi connectivity index (χ0n) is 15.5. The lowest BCUT2D eigenvalue weighted by atomic mass is 10.2. The van der Waals surface area contributed by atoms with Crippen LogP contribution in [0, 0.1) is 0 Å². The lowest BCUT2D eigenvalue weighted by molar-refractivity contribution is -0.116. The highest BCUT2D eigenvalue weighted by Gasteiger charge is 2.13. The third-order valence-corrected chi connectivity index (χ3v) is 4.65. The zero-order chi connectivity index (χ0) is 19.5. The highest BCUT2D eigenvalue weighted by atomic mass is 16.3. The van der Waals surface area contributed by atoms with E-state index in [2.05, 4.69) is 10.3 Å². The van der Waals surface area contributed by atoms with Gasteiger partial charge in [0.1, 0.15) is 6.26 Å². The maximum atomic E-state index is 12.6. The number of nitrogens with one attached hydrogen (secondary N) is 1. The van der Waals surface area contributed by atoms with Crippen molar-refractivity contribution in [1.82, 2.24) is 14.1 Å². The summed E-state index contributed by atoms with van der Waals surface area (Å²) in [5.74, 6) is 0.383. The van der Waals surface area contributed by atoms with Gasteiger partial charge in [0, 0.05) is 30.8 Å². The summed E-state index contributed by atoms with van der Waals surface area (Å²) in [4.78, 5) is 29.1. The van der Waals surface area contributed by atoms with Crippen molar-refractivity contribution in [3.8, 4) is 11.5 Å². The number of carbonyl (C=O) groups excluding carboxylic acids is 1. The van der Waals surface area contributed by atoms with E-state index in [1.54, 1.807) is 27.5 Å². The van der Waals surface area contributed by atoms with Crippen LogP contribution in [-0.2, 0) is 17.9 Å². The Morgan fingerprint density at radius 3 is 2.43 bits per heavy atom. The first-order chi connectivity index (χ1) is 13.7. The predicted octanol–water partition coefficient (Wildman–Crippen LogP) is 3.51. The topological polar surface area (TPSA) is 82.1 Å². The van der Waals surface area contributed by atoms with Crippen molar-refractivity contribution < 1.29 is 9.21 Å². The fourth-order valence-corrected chi connectivity index (χ4v) is 3.29. The van der Waals surface area contributed by atoms with E-state index in [0.29, 0.717) is 24.7 Å². The molecule has 0 saturated heterocycles. The van der Waals surface area contributed by atoms with Crippen LogP contribution >= 0.6 is 0 Å². The lowest BCUT2D eigenvalue weighted by Crippen LogP contribution is -2.25. The molecule has 0 atom stereocenters. The van der Waals surface area contributed by atoms with E-state index >= 15 is 0 Å². The molecule has 0 spiro atoms. The number of hydrogen-bond acceptors (Lipinski definition) is 4. The van der Waals surface area contributed by atoms with E-state index in [4.69, 9.17) is 4.42 Å². The van der Waals surface area contributed by atoms with Crippen molar-refractivity contribution in [2.75, 3.05) is 5.32 Å². The first-order valence-corrected chi connectivity index (χ1v) is 9.15. The van der Waals surface area contributed by atoms with Gasteiger partial charge in [0.25, 0.3) is 0 Å². The molecule has 1 amide bonds. The van der Waals surface area contributed by atoms with Crippen LogP contribution in [0.25, 0.3) is 22.5 Å². The standard InChI is InChI=1S/C21H20N4O3/c1-2-24-17-5-3-4-6-18(17)25(21(24)27)13-11-19(26)23-16-9-7-15(8-10-16)20-22-12-14-28-20/h3-10,12,14H,2,11,13H2,1H3,(H,23,26). The Labute approximate surface area is 161 Å². The van der Waals surface area contributed by atoms with Gasteiger partial charge in [0.15, 0.2) is 0 Å². The van der Waals surface area contributed by atoms with Gasteiger partial charge >= 0.3 is 5.69 Å². The van der Waals surface area contributed by atoms with Crippen molar-refractivity contribution in [2.45, 2.75) is 26.4 Å². The molecule has 0 aliphatic heterocycles. The molecule has 0 unspecified atom stereocenters. The fraction of sp³-hybridized carbons (Fsp3) is 0.190. The van der Waals surface area contributed by atoms with Gasteiger partial charge in [-0.15, -0.1) is 0 Å². The first-order valence-electron chi connectivity index (χ1n) is 9.15. The number of para-hydroxylation sites is 2. The smallest absolute Gasteiger partial charge is 0.329 e. The zero-order valence-corrected chi connectivity index (χ0v) is 15.5. The highest BCUT2D eigenvalue weighted by Crippen LogP contribution is 2.19. The van der Waals surface area contributed by atoms with Crippen molar-refractivity contribution in [2.24, 2.45) is 0 Å². The number of nitrogens with zero attached hydrogens (tertiary/aromatic N) is 3. The van der Waals surface area contributed by atoms with Crippen LogP contribution in [0.3, 0.4) is 0 Å². The van der Waals surface area contributed by atoms with Gasteiger partial charge in [-0.3, -0.25) is 13.9 Å². The number of fused-ring (bicyclic) bond motifs is 1. The molecular formula is C21H20N4O3. The number of aromatic nitrogens is 3. The van der Waals surface area contributed by atoms with E-state index in [-0.39, 0.29) is 18.0 Å². The quantitative estimate of drug-likeness (QED) is 0.558. The van der Waals surface area contributed by atoms with Gasteiger partial charge < -0.3 is 9.73 Å². The number of imidazole rings is 1. The normalized spacial score (nSPS) is 11.0. The summed E-state index contributed by atoms with van der Waals surface area (Å²) in [5.41, 5.74) is 3.16. The number of aryl methyl sites for hydroxylation is 2. The second-order valence-corrected chi connectivity index (χ2v) is 6.38. The summed E-state index contributed by atoms with van der Waals surface area (Å²) in [6.45, 7) is 2.86. The Morgan fingerprint density at radius 1 is 1.07 bits per heavy atom. The number of amides is 1. The lowest BCUT2D eigenvalue weighted by Gasteiger charge is -2.07. The van der Waals surface area contributed by atoms with Crippen LogP contribution in [-0.4, -0.2) is 20.0 Å². The summed E-state index contributed by atoms with van der Waals surface area (Å²) >= 11 is 0. The summed E-state index contributed by atoms with van der Waals surface area (Å²) in [6, 6.07) is 14.9. The minimum atomic E-state index is -0.149. The minimum Gasteiger partial charge on any atom is -0.445 e. The third kappa shape index (κ3) is 3.34. The molecule has 2 aromatic heterocycles. The Balaban J connectivity index is 1.45. The molecule has 1 N–H and O–H groups in total. The second kappa shape index (κ2) is 7.56. The highest BCUT2D eigenvalue weighted by molar-refractivity contribution is 5.91. The molecule has 2 aromatic carbocycles. The van der Waals surface area contributed by atoms with Crippen LogP contribution in [0.2, 0.25) is 0 Å². The molecule has 4 aromatic rings. The van der Waals surface area contributed by atoms with Crippen LogP contribution in [0.15, 0.2) is 70.2 Å². The summed E-state index contributed by atoms with van der Waals surface area (Å²) in [6.07, 6.45) is 3.31. The molecule has 2 heterocycles. The SMILES string of the molecule is CCn1c(=O)n(CCC(=O)Nc2ccc(-c3ncco3)cc2)c2ccccc21. The molecule has 0 aliphatic carbocycles. The van der Waals surface area contributed by atoms with E-state index in [0.717, 1.165) is 16.6 Å². The van der Waals surface area contributed by atoms with Gasteiger partial charge in [-0.25, -0.2) is 9.78 Å². The third-order valence-electron chi connectivity index (χ3n) is 4.65. The average molecular weight is 376 g/mol. The number of rotatable bonds is 6. The maximum Gasteiger partial charge on any atom is 0.329 e. The number of anilines is 1. The van der Waals surface area contributed by atoms with Gasteiger partial charge in [-0.1, -0.05) is 12.1 Å². The van der Waals surface area contributed by atoms with Crippen LogP contribution in [0.5, 0.6) is 0 Å². The molecule has 7 heteroatoms. The van der Waals surface area contributed by atoms with Gasteiger partial charge in [0.05, 0.1) is 17.2 Å². The van der Waals surface area contributed by atoms with E-state index < -0.39 is 0 Å². The molecule has 4 rings (SSSR count). The van der Waals surface area contributed by atoms with Crippen molar-refractivity contribution in [1.29, 1.82) is 0 Å². The Hall–Kier alpha value is -3.61. The van der Waals surface area contributed by atoms with Crippen molar-refractivity contribution >= 4 is 22.6 Å². The Bertz CT molecular complexity index is 1150. The van der Waals surface area contributed by atoms with Crippen LogP contribution in [0.4, 0.5) is 5.69 Å². The summed E-state index contributed by atoms with van der Waals surface area (Å²) in [5, 5.41) is 2.86. The van der Waals surface area contributed by atoms with Gasteiger partial charge in [-0.2, -0.15) is 0 Å². The molecule has 0 aliphatic rings. The molecule has 0 radical (unpaired) electrons. The van der Waals surface area contributed by atoms with Crippen molar-refractivity contribution in [3.05, 3.63) is 71.5 Å². The molecule has 142 valence electrons. The second-order valence-electron chi connectivity index (χ2n) is 6.38. The van der Waals surface area contributed by atoms with Crippen LogP contribution < -0.4 is 11.0 Å². The maximum absolute atomic E-state index is 12.6. The minimum absolute atomic E-state index is 0.0909. The van der Waals surface area contributed by atoms with E-state index in [1.165, 1.54) is 6.26 Å². The molecule has 28 heavy (non-hydrogen) atoms. The monoisotopic (exact) mass is 376 g/mol. The number of hydrogen-bond donors (Lipinski definition) is 1. The number of carbonyl (C=O) groups is 1. The number of benzene rings is 2. The van der Waals surface area contributed by atoms with E-state index in [1.807, 2.05) is 43.3 Å². The largest absolute Gasteiger partial charge is 0.445 e. The molecule has 7 nitrogen and oxygen atoms in total. The van der Waals surface area contributed by atoms with E-state index in [9.17, 15) is 9.59 Å². The van der Waals surface area contributed by atoms with Crippen LogP contribution in [0.1, 0.15) is 13.3 Å². The van der Waals surface area contributed by atoms with Gasteiger partial charge in [-0.05, 0) is 43.3 Å². The molecule has 0 saturated carbocycles. The first kappa shape index (κ1) is 17.8.